The van der Waals surface area contributed by atoms with E-state index in [1.807, 2.05) is 0 Å². The van der Waals surface area contributed by atoms with Crippen molar-refractivity contribution in [3.8, 4) is 17.1 Å². The second-order valence-corrected chi connectivity index (χ2v) is 7.64. The Labute approximate surface area is 176 Å². The van der Waals surface area contributed by atoms with Gasteiger partial charge in [0.05, 0.1) is 16.2 Å². The van der Waals surface area contributed by atoms with Crippen molar-refractivity contribution in [2.75, 3.05) is 11.1 Å². The summed E-state index contributed by atoms with van der Waals surface area (Å²) in [6.07, 6.45) is 0. The van der Waals surface area contributed by atoms with E-state index in [1.54, 1.807) is 23.7 Å². The van der Waals surface area contributed by atoms with Gasteiger partial charge in [-0.2, -0.15) is 4.39 Å². The molecule has 0 fully saturated rings. The highest BCUT2D eigenvalue weighted by atomic mass is 79.9. The monoisotopic (exact) mass is 481 g/mol. The summed E-state index contributed by atoms with van der Waals surface area (Å²) in [5.41, 5.74) is -0.132. The molecule has 3 aromatic rings. The Morgan fingerprint density at radius 2 is 2.10 bits per heavy atom. The van der Waals surface area contributed by atoms with Gasteiger partial charge in [0.2, 0.25) is 11.7 Å². The van der Waals surface area contributed by atoms with Gasteiger partial charge in [-0.25, -0.2) is 0 Å². The zero-order chi connectivity index (χ0) is 21.1. The van der Waals surface area contributed by atoms with Crippen LogP contribution in [0.1, 0.15) is 0 Å². The van der Waals surface area contributed by atoms with Crippen LogP contribution >= 0.6 is 27.7 Å². The van der Waals surface area contributed by atoms with E-state index >= 15 is 0 Å². The fourth-order valence-corrected chi connectivity index (χ4v) is 3.49. The Bertz CT molecular complexity index is 1110. The van der Waals surface area contributed by atoms with Crippen LogP contribution < -0.4 is 5.32 Å². The SMILES string of the molecule is Cn1c(SCC(=O)Nc2ccc(F)c([N+](=O)[O-])c2)nnc1-c1cc(Br)ccc1O. The lowest BCUT2D eigenvalue weighted by Gasteiger charge is -2.07. The first-order chi connectivity index (χ1) is 13.8. The summed E-state index contributed by atoms with van der Waals surface area (Å²) in [4.78, 5) is 22.1. The second kappa shape index (κ2) is 8.57. The maximum Gasteiger partial charge on any atom is 0.306 e. The number of nitro benzene ring substituents is 1. The van der Waals surface area contributed by atoms with Crippen molar-refractivity contribution in [3.05, 3.63) is 56.8 Å². The zero-order valence-electron chi connectivity index (χ0n) is 14.8. The molecule has 9 nitrogen and oxygen atoms in total. The second-order valence-electron chi connectivity index (χ2n) is 5.79. The van der Waals surface area contributed by atoms with E-state index in [2.05, 4.69) is 31.4 Å². The molecule has 0 unspecified atom stereocenters. The van der Waals surface area contributed by atoms with Gasteiger partial charge < -0.3 is 15.0 Å². The molecule has 0 aliphatic heterocycles. The molecule has 0 aliphatic carbocycles. The van der Waals surface area contributed by atoms with Gasteiger partial charge >= 0.3 is 5.69 Å². The number of rotatable bonds is 6. The molecule has 0 atom stereocenters. The zero-order valence-corrected chi connectivity index (χ0v) is 17.2. The van der Waals surface area contributed by atoms with Crippen LogP contribution in [0.2, 0.25) is 0 Å². The molecule has 0 radical (unpaired) electrons. The minimum absolute atomic E-state index is 0.0379. The van der Waals surface area contributed by atoms with Crippen LogP contribution in [-0.2, 0) is 11.8 Å². The standard InChI is InChI=1S/C17H13BrFN5O4S/c1-23-16(11-6-9(18)2-5-14(11)25)21-22-17(23)29-8-15(26)20-10-3-4-12(19)13(7-10)24(27)28/h2-7,25H,8H2,1H3,(H,20,26). The van der Waals surface area contributed by atoms with Crippen molar-refractivity contribution in [2.24, 2.45) is 7.05 Å². The molecular formula is C17H13BrFN5O4S. The summed E-state index contributed by atoms with van der Waals surface area (Å²) in [6.45, 7) is 0. The van der Waals surface area contributed by atoms with Gasteiger partial charge in [-0.15, -0.1) is 10.2 Å². The number of hydrogen-bond donors (Lipinski definition) is 2. The Morgan fingerprint density at radius 1 is 1.34 bits per heavy atom. The topological polar surface area (TPSA) is 123 Å². The first kappa shape index (κ1) is 20.7. The van der Waals surface area contributed by atoms with Crippen molar-refractivity contribution in [1.29, 1.82) is 0 Å². The summed E-state index contributed by atoms with van der Waals surface area (Å²) in [5, 5.41) is 31.8. The quantitative estimate of drug-likeness (QED) is 0.312. The van der Waals surface area contributed by atoms with E-state index in [9.17, 15) is 24.4 Å². The number of aromatic nitrogens is 3. The average Bonchev–Trinajstić information content (AvgIpc) is 3.03. The highest BCUT2D eigenvalue weighted by Crippen LogP contribution is 2.32. The molecule has 150 valence electrons. The Kier molecular flexibility index (Phi) is 6.13. The predicted octanol–water partition coefficient (Wildman–Crippen LogP) is 3.73. The van der Waals surface area contributed by atoms with Crippen LogP contribution in [0, 0.1) is 15.9 Å². The number of nitro groups is 1. The molecular weight excluding hydrogens is 469 g/mol. The molecule has 29 heavy (non-hydrogen) atoms. The van der Waals surface area contributed by atoms with E-state index < -0.39 is 22.3 Å². The number of anilines is 1. The number of aromatic hydroxyl groups is 1. The molecule has 0 bridgehead atoms. The van der Waals surface area contributed by atoms with Gasteiger partial charge in [-0.05, 0) is 30.3 Å². The van der Waals surface area contributed by atoms with Gasteiger partial charge in [0.1, 0.15) is 5.75 Å². The molecule has 12 heteroatoms. The van der Waals surface area contributed by atoms with Gasteiger partial charge in [-0.1, -0.05) is 27.7 Å². The highest BCUT2D eigenvalue weighted by Gasteiger charge is 2.18. The molecule has 0 spiro atoms. The van der Waals surface area contributed by atoms with Crippen molar-refractivity contribution < 1.29 is 19.2 Å². The van der Waals surface area contributed by atoms with Gasteiger partial charge in [0, 0.05) is 23.3 Å². The van der Waals surface area contributed by atoms with Crippen molar-refractivity contribution in [1.82, 2.24) is 14.8 Å². The third kappa shape index (κ3) is 4.71. The number of amides is 1. The van der Waals surface area contributed by atoms with Crippen LogP contribution in [0.15, 0.2) is 46.0 Å². The van der Waals surface area contributed by atoms with Crippen LogP contribution in [0.4, 0.5) is 15.8 Å². The van der Waals surface area contributed by atoms with Crippen LogP contribution in [0.5, 0.6) is 5.75 Å². The van der Waals surface area contributed by atoms with Crippen LogP contribution in [0.25, 0.3) is 11.4 Å². The summed E-state index contributed by atoms with van der Waals surface area (Å²) in [7, 11) is 1.69. The first-order valence-corrected chi connectivity index (χ1v) is 9.79. The first-order valence-electron chi connectivity index (χ1n) is 8.01. The van der Waals surface area contributed by atoms with E-state index in [1.165, 1.54) is 12.1 Å². The highest BCUT2D eigenvalue weighted by molar-refractivity contribution is 9.10. The molecule has 2 N–H and O–H groups in total. The summed E-state index contributed by atoms with van der Waals surface area (Å²) in [5.74, 6) is -1.03. The fraction of sp³-hybridized carbons (Fsp3) is 0.118. The molecule has 0 aliphatic rings. The van der Waals surface area contributed by atoms with Gasteiger partial charge in [-0.3, -0.25) is 14.9 Å². The third-order valence-electron chi connectivity index (χ3n) is 3.79. The van der Waals surface area contributed by atoms with Crippen LogP contribution in [0.3, 0.4) is 0 Å². The maximum absolute atomic E-state index is 13.4. The molecule has 2 aromatic carbocycles. The number of benzene rings is 2. The number of nitrogens with zero attached hydrogens (tertiary/aromatic N) is 4. The van der Waals surface area contributed by atoms with Gasteiger partial charge in [0.15, 0.2) is 11.0 Å². The number of phenolic OH excluding ortho intramolecular Hbond substituents is 1. The van der Waals surface area contributed by atoms with E-state index in [-0.39, 0.29) is 17.2 Å². The lowest BCUT2D eigenvalue weighted by molar-refractivity contribution is -0.387. The van der Waals surface area contributed by atoms with Crippen molar-refractivity contribution >= 4 is 45.0 Å². The number of carbonyl (C=O) groups excluding carboxylic acids is 1. The van der Waals surface area contributed by atoms with E-state index in [0.717, 1.165) is 28.4 Å². The average molecular weight is 482 g/mol. The summed E-state index contributed by atoms with van der Waals surface area (Å²) >= 11 is 4.42. The molecule has 0 saturated heterocycles. The largest absolute Gasteiger partial charge is 0.507 e. The van der Waals surface area contributed by atoms with E-state index in [0.29, 0.717) is 16.5 Å². The number of hydrogen-bond acceptors (Lipinski definition) is 7. The number of thioether (sulfide) groups is 1. The molecule has 1 heterocycles. The molecule has 3 rings (SSSR count). The molecule has 0 saturated carbocycles. The van der Waals surface area contributed by atoms with Crippen molar-refractivity contribution in [2.45, 2.75) is 5.16 Å². The normalized spacial score (nSPS) is 10.7. The smallest absolute Gasteiger partial charge is 0.306 e. The predicted molar refractivity (Wildman–Crippen MR) is 108 cm³/mol. The third-order valence-corrected chi connectivity index (χ3v) is 5.31. The van der Waals surface area contributed by atoms with Crippen molar-refractivity contribution in [3.63, 3.8) is 0 Å². The number of carbonyl (C=O) groups is 1. The summed E-state index contributed by atoms with van der Waals surface area (Å²) in [6, 6.07) is 8.02. The molecule has 1 aromatic heterocycles. The lowest BCUT2D eigenvalue weighted by Crippen LogP contribution is -2.14. The number of nitrogens with one attached hydrogen (secondary N) is 1. The number of halogens is 2. The number of phenols is 1. The maximum atomic E-state index is 13.4. The van der Waals surface area contributed by atoms with E-state index in [4.69, 9.17) is 0 Å². The lowest BCUT2D eigenvalue weighted by atomic mass is 10.2. The Hall–Kier alpha value is -2.99. The minimum atomic E-state index is -0.982. The fourth-order valence-electron chi connectivity index (χ4n) is 2.42. The minimum Gasteiger partial charge on any atom is -0.507 e. The Balaban J connectivity index is 1.69. The van der Waals surface area contributed by atoms with Gasteiger partial charge in [0.25, 0.3) is 0 Å². The Morgan fingerprint density at radius 3 is 2.83 bits per heavy atom. The summed E-state index contributed by atoms with van der Waals surface area (Å²) < 4.78 is 15.8. The van der Waals surface area contributed by atoms with Crippen LogP contribution in [-0.4, -0.2) is 36.5 Å². The molecule has 1 amide bonds.